The minimum atomic E-state index is 0. The van der Waals surface area contributed by atoms with Gasteiger partial charge in [0.25, 0.3) is 0 Å². The topological polar surface area (TPSA) is 87.4 Å². The largest absolute Gasteiger partial charge is 0 e. The van der Waals surface area contributed by atoms with Gasteiger partial charge >= 0.3 is 33.9 Å². The fraction of sp³-hybridized carbons (Fsp3) is 0.450. The van der Waals surface area contributed by atoms with E-state index in [0.717, 1.165) is 29.9 Å². The third-order valence-corrected chi connectivity index (χ3v) is 4.10. The second-order valence-corrected chi connectivity index (χ2v) is 5.23. The second-order valence-electron chi connectivity index (χ2n) is 5.23. The zero-order valence-corrected chi connectivity index (χ0v) is 17.5. The van der Waals surface area contributed by atoms with Crippen molar-refractivity contribution in [3.05, 3.63) is 48.8 Å². The average molecular weight is 412 g/mol. The minimum absolute atomic E-state index is 0. The molecule has 6 nitrogen and oxygen atoms in total. The van der Waals surface area contributed by atoms with Crippen LogP contribution in [0.1, 0.15) is 42.4 Å². The molecule has 2 rings (SSSR count). The van der Waals surface area contributed by atoms with Crippen molar-refractivity contribution >= 4 is 5.57 Å². The summed E-state index contributed by atoms with van der Waals surface area (Å²) in [6, 6.07) is 2.22. The Morgan fingerprint density at radius 2 is 1.56 bits per heavy atom. The van der Waals surface area contributed by atoms with Crippen LogP contribution in [0.4, 0.5) is 0 Å². The van der Waals surface area contributed by atoms with Gasteiger partial charge in [0.1, 0.15) is 0 Å². The fourth-order valence-electron chi connectivity index (χ4n) is 3.19. The maximum atomic E-state index is 7.50. The van der Waals surface area contributed by atoms with Crippen LogP contribution in [0.3, 0.4) is 0 Å². The van der Waals surface area contributed by atoms with Gasteiger partial charge in [-0.1, -0.05) is 6.08 Å². The van der Waals surface area contributed by atoms with Crippen LogP contribution in [0.15, 0.2) is 12.1 Å². The Morgan fingerprint density at radius 1 is 1.04 bits per heavy atom. The van der Waals surface area contributed by atoms with Gasteiger partial charge in [-0.25, -0.2) is 0 Å². The molecule has 1 aliphatic carbocycles. The van der Waals surface area contributed by atoms with E-state index >= 15 is 0 Å². The first-order valence-electron chi connectivity index (χ1n) is 7.69. The van der Waals surface area contributed by atoms with Crippen molar-refractivity contribution < 1.29 is 45.5 Å². The molecule has 0 aromatic heterocycles. The van der Waals surface area contributed by atoms with Crippen LogP contribution < -0.4 is 9.47 Å². The number of aryl methyl sites for hydroxylation is 1. The maximum Gasteiger partial charge on any atom is 0 e. The smallest absolute Gasteiger partial charge is 0 e. The summed E-state index contributed by atoms with van der Waals surface area (Å²) in [5, 5.41) is 0. The summed E-state index contributed by atoms with van der Waals surface area (Å²) >= 11 is 0. The molecule has 0 saturated carbocycles. The summed E-state index contributed by atoms with van der Waals surface area (Å²) in [6.45, 7) is 18.4. The first-order valence-corrected chi connectivity index (χ1v) is 7.69. The Morgan fingerprint density at radius 3 is 1.96 bits per heavy atom. The van der Waals surface area contributed by atoms with Gasteiger partial charge in [0, 0.05) is 36.0 Å². The molecule has 1 aliphatic rings. The second kappa shape index (κ2) is 17.7. The Labute approximate surface area is 172 Å². The first kappa shape index (κ1) is 30.0. The first-order chi connectivity index (χ1) is 12.7. The van der Waals surface area contributed by atoms with Crippen molar-refractivity contribution in [1.29, 1.82) is 0 Å². The molecule has 0 amide bonds. The van der Waals surface area contributed by atoms with Crippen molar-refractivity contribution in [2.75, 3.05) is 27.9 Å². The van der Waals surface area contributed by atoms with Crippen LogP contribution >= 0.6 is 0 Å². The van der Waals surface area contributed by atoms with Crippen molar-refractivity contribution in [2.45, 2.75) is 32.6 Å². The third kappa shape index (κ3) is 7.42. The van der Waals surface area contributed by atoms with E-state index in [0.29, 0.717) is 12.5 Å². The zero-order chi connectivity index (χ0) is 20.7. The van der Waals surface area contributed by atoms with Gasteiger partial charge in [0.15, 0.2) is 11.5 Å². The van der Waals surface area contributed by atoms with E-state index in [4.69, 9.17) is 28.2 Å². The van der Waals surface area contributed by atoms with Crippen molar-refractivity contribution in [2.24, 2.45) is 0 Å². The summed E-state index contributed by atoms with van der Waals surface area (Å²) < 4.78 is 39.1. The molecule has 1 atom stereocenters. The van der Waals surface area contributed by atoms with E-state index in [-0.39, 0.29) is 17.4 Å². The van der Waals surface area contributed by atoms with Crippen LogP contribution in [-0.2, 0) is 36.1 Å². The molecule has 146 valence electrons. The molecule has 7 heteroatoms. The Bertz CT molecular complexity index is 632. The number of benzene rings is 1. The standard InChI is InChI=1S/C17H24O3.3CO.Cr/c1-6-12-7-8-13(10-18-3)15-14(12)9-11(2)16(19-4)17(15)20-5;3*1-2;/h6,9,13H,7-8,10H2,1-5H3;;;;/b12-6+;;;;/t13-;;;;/m0..../s1. The van der Waals surface area contributed by atoms with E-state index in [9.17, 15) is 0 Å². The number of allylic oxidation sites excluding steroid dienone is 2. The summed E-state index contributed by atoms with van der Waals surface area (Å²) in [4.78, 5) is 0. The van der Waals surface area contributed by atoms with Crippen LogP contribution in [0, 0.1) is 26.9 Å². The predicted molar refractivity (Wildman–Crippen MR) is 93.6 cm³/mol. The summed E-state index contributed by atoms with van der Waals surface area (Å²) in [6.07, 6.45) is 4.38. The molecule has 0 unspecified atom stereocenters. The van der Waals surface area contributed by atoms with Gasteiger partial charge in [0.2, 0.25) is 0 Å². The molecule has 0 spiro atoms. The van der Waals surface area contributed by atoms with E-state index < -0.39 is 0 Å². The van der Waals surface area contributed by atoms with Gasteiger partial charge in [-0.05, 0) is 49.5 Å². The molecular weight excluding hydrogens is 388 g/mol. The number of methoxy groups -OCH3 is 3. The fourth-order valence-corrected chi connectivity index (χ4v) is 3.19. The summed E-state index contributed by atoms with van der Waals surface area (Å²) in [7, 11) is 5.16. The number of fused-ring (bicyclic) bond motifs is 1. The third-order valence-electron chi connectivity index (χ3n) is 4.10. The Balaban J connectivity index is -0.000000749. The number of rotatable bonds is 4. The molecule has 0 heterocycles. The van der Waals surface area contributed by atoms with Crippen LogP contribution in [0.5, 0.6) is 11.5 Å². The molecule has 27 heavy (non-hydrogen) atoms. The van der Waals surface area contributed by atoms with Gasteiger partial charge in [-0.2, -0.15) is 0 Å². The van der Waals surface area contributed by atoms with Crippen molar-refractivity contribution in [1.82, 2.24) is 0 Å². The normalized spacial score (nSPS) is 14.9. The minimum Gasteiger partial charge on any atom is 0 e. The molecule has 0 N–H and O–H groups in total. The van der Waals surface area contributed by atoms with E-state index in [2.05, 4.69) is 45.9 Å². The molecule has 1 aromatic rings. The van der Waals surface area contributed by atoms with E-state index in [1.165, 1.54) is 16.7 Å². The van der Waals surface area contributed by atoms with E-state index in [1.807, 2.05) is 0 Å². The Hall–Kier alpha value is -1.73. The van der Waals surface area contributed by atoms with Crippen molar-refractivity contribution in [3.8, 4) is 11.5 Å². The average Bonchev–Trinajstić information content (AvgIpc) is 2.71. The summed E-state index contributed by atoms with van der Waals surface area (Å²) in [5.41, 5.74) is 5.02. The zero-order valence-electron chi connectivity index (χ0n) is 16.2. The molecule has 0 saturated heterocycles. The molecule has 0 bridgehead atoms. The Kier molecular flexibility index (Phi) is 19.6. The van der Waals surface area contributed by atoms with Gasteiger partial charge in [0.05, 0.1) is 20.8 Å². The van der Waals surface area contributed by atoms with Crippen molar-refractivity contribution in [3.63, 3.8) is 0 Å². The van der Waals surface area contributed by atoms with E-state index in [1.54, 1.807) is 21.3 Å². The van der Waals surface area contributed by atoms with Crippen LogP contribution in [0.25, 0.3) is 5.57 Å². The SMILES string of the molecule is C/C=C1\CC[C@@H](COC)c2c1cc(C)c(OC)c2OC.[C-]#[O+].[C-]#[O+].[C-]#[O+].[Cr]. The van der Waals surface area contributed by atoms with Gasteiger partial charge in [-0.3, -0.25) is 0 Å². The summed E-state index contributed by atoms with van der Waals surface area (Å²) in [5.74, 6) is 2.07. The number of ether oxygens (including phenoxy) is 3. The number of hydrogen-bond donors (Lipinski definition) is 0. The molecule has 0 fully saturated rings. The van der Waals surface area contributed by atoms with Crippen LogP contribution in [-0.4, -0.2) is 27.9 Å². The van der Waals surface area contributed by atoms with Gasteiger partial charge < -0.3 is 14.2 Å². The predicted octanol–water partition coefficient (Wildman–Crippen LogP) is 3.82. The van der Waals surface area contributed by atoms with Gasteiger partial charge in [-0.15, -0.1) is 0 Å². The molecule has 0 aliphatic heterocycles. The number of hydrogen-bond acceptors (Lipinski definition) is 3. The molecule has 1 aromatic carbocycles. The molecular formula is C20H24CrO6. The molecule has 0 radical (unpaired) electrons. The monoisotopic (exact) mass is 412 g/mol. The van der Waals surface area contributed by atoms with Crippen LogP contribution in [0.2, 0.25) is 0 Å². The quantitative estimate of drug-likeness (QED) is 0.556. The maximum absolute atomic E-state index is 7.50.